The summed E-state index contributed by atoms with van der Waals surface area (Å²) >= 11 is 2.58. The van der Waals surface area contributed by atoms with Crippen molar-refractivity contribution < 1.29 is 24.9 Å². The maximum absolute atomic E-state index is 12.2. The number of hydrogen-bond acceptors (Lipinski definition) is 7. The second-order valence-corrected chi connectivity index (χ2v) is 7.90. The summed E-state index contributed by atoms with van der Waals surface area (Å²) in [6, 6.07) is -0.318. The Kier molecular flexibility index (Phi) is 5.01. The summed E-state index contributed by atoms with van der Waals surface area (Å²) in [5, 5.41) is 30.3. The highest BCUT2D eigenvalue weighted by molar-refractivity contribution is 8.06. The van der Waals surface area contributed by atoms with E-state index in [1.54, 1.807) is 23.9 Å². The van der Waals surface area contributed by atoms with Gasteiger partial charge in [-0.2, -0.15) is 0 Å². The molecule has 1 fully saturated rings. The zero-order valence-corrected chi connectivity index (χ0v) is 15.3. The highest BCUT2D eigenvalue weighted by Gasteiger charge is 2.59. The Morgan fingerprint density at radius 1 is 1.56 bits per heavy atom. The minimum atomic E-state index is -1.15. The van der Waals surface area contributed by atoms with E-state index < -0.39 is 18.0 Å². The minimum absolute atomic E-state index is 0.00490. The summed E-state index contributed by atoms with van der Waals surface area (Å²) in [5.74, 6) is -2.23. The number of amides is 1. The second-order valence-electron chi connectivity index (χ2n) is 6.01. The van der Waals surface area contributed by atoms with Crippen LogP contribution < -0.4 is 0 Å². The molecule has 7 nitrogen and oxygen atoms in total. The Bertz CT molecular complexity index is 770. The first-order valence-corrected chi connectivity index (χ1v) is 9.49. The van der Waals surface area contributed by atoms with Gasteiger partial charge in [-0.05, 0) is 18.4 Å². The third kappa shape index (κ3) is 2.91. The molecule has 9 heteroatoms. The number of thioether (sulfide) groups is 1. The van der Waals surface area contributed by atoms with Gasteiger partial charge in [-0.15, -0.1) is 11.3 Å². The quantitative estimate of drug-likeness (QED) is 0.639. The average molecular weight is 382 g/mol. The summed E-state index contributed by atoms with van der Waals surface area (Å²) in [6.07, 6.45) is 0.906. The van der Waals surface area contributed by atoms with Gasteiger partial charge in [0, 0.05) is 10.8 Å². The summed E-state index contributed by atoms with van der Waals surface area (Å²) in [7, 11) is 0. The van der Waals surface area contributed by atoms with Crippen LogP contribution in [0.1, 0.15) is 24.4 Å². The van der Waals surface area contributed by atoms with E-state index in [1.165, 1.54) is 28.0 Å². The number of aliphatic hydroxyl groups excluding tert-OH is 2. The predicted octanol–water partition coefficient (Wildman–Crippen LogP) is 1.49. The number of carbonyl (C=O) groups is 2. The van der Waals surface area contributed by atoms with Crippen molar-refractivity contribution in [3.05, 3.63) is 32.1 Å². The molecule has 25 heavy (non-hydrogen) atoms. The Morgan fingerprint density at radius 2 is 2.28 bits per heavy atom. The number of aliphatic hydroxyl groups is 2. The van der Waals surface area contributed by atoms with E-state index in [2.05, 4.69) is 4.98 Å². The van der Waals surface area contributed by atoms with Gasteiger partial charge < -0.3 is 20.2 Å². The number of aliphatic carboxylic acids is 1. The molecule has 0 aliphatic carbocycles. The number of carboxylic acids is 1. The highest BCUT2D eigenvalue weighted by atomic mass is 32.2. The van der Waals surface area contributed by atoms with Crippen molar-refractivity contribution in [3.63, 3.8) is 0 Å². The molecule has 134 valence electrons. The van der Waals surface area contributed by atoms with Crippen molar-refractivity contribution in [1.82, 2.24) is 9.88 Å². The van der Waals surface area contributed by atoms with Crippen molar-refractivity contribution in [2.75, 3.05) is 0 Å². The maximum atomic E-state index is 12.2. The summed E-state index contributed by atoms with van der Waals surface area (Å²) in [4.78, 5) is 30.7. The lowest BCUT2D eigenvalue weighted by Crippen LogP contribution is -2.63. The zero-order chi connectivity index (χ0) is 18.3. The number of hydrogen-bond donors (Lipinski definition) is 3. The van der Waals surface area contributed by atoms with Gasteiger partial charge in [-0.3, -0.25) is 4.79 Å². The average Bonchev–Trinajstić information content (AvgIpc) is 3.09. The van der Waals surface area contributed by atoms with Crippen LogP contribution in [-0.2, 0) is 16.2 Å². The normalized spacial score (nSPS) is 27.0. The maximum Gasteiger partial charge on any atom is 0.353 e. The molecule has 0 aromatic carbocycles. The molecule has 0 spiro atoms. The van der Waals surface area contributed by atoms with Crippen LogP contribution in [0.15, 0.2) is 21.5 Å². The van der Waals surface area contributed by atoms with Crippen molar-refractivity contribution in [2.45, 2.75) is 32.6 Å². The summed E-state index contributed by atoms with van der Waals surface area (Å²) in [5.41, 5.74) is 2.27. The van der Waals surface area contributed by atoms with Crippen LogP contribution in [0.3, 0.4) is 0 Å². The third-order valence-corrected chi connectivity index (χ3v) is 6.47. The molecule has 3 N–H and O–H groups in total. The molecule has 0 bridgehead atoms. The van der Waals surface area contributed by atoms with Gasteiger partial charge in [-0.25, -0.2) is 9.78 Å². The van der Waals surface area contributed by atoms with Crippen molar-refractivity contribution >= 4 is 41.1 Å². The van der Waals surface area contributed by atoms with Gasteiger partial charge in [0.1, 0.15) is 5.70 Å². The molecule has 0 radical (unpaired) electrons. The molecular formula is C16H18N2O5S2. The first kappa shape index (κ1) is 18.1. The van der Waals surface area contributed by atoms with Crippen LogP contribution in [0, 0.1) is 11.8 Å². The van der Waals surface area contributed by atoms with E-state index in [9.17, 15) is 24.9 Å². The molecular weight excluding hydrogens is 364 g/mol. The number of carbonyl (C=O) groups excluding carboxylic acids is 1. The number of thiazole rings is 1. The Labute approximate surface area is 152 Å². The fraction of sp³-hybridized carbons (Fsp3) is 0.438. The molecule has 1 amide bonds. The second kappa shape index (κ2) is 6.91. The Hall–Kier alpha value is -1.68. The van der Waals surface area contributed by atoms with Crippen LogP contribution >= 0.6 is 23.1 Å². The van der Waals surface area contributed by atoms with Crippen LogP contribution in [0.2, 0.25) is 0 Å². The molecule has 3 heterocycles. The van der Waals surface area contributed by atoms with Gasteiger partial charge in [0.2, 0.25) is 5.91 Å². The van der Waals surface area contributed by atoms with E-state index in [0.717, 1.165) is 4.88 Å². The Morgan fingerprint density at radius 3 is 2.88 bits per heavy atom. The number of aromatic nitrogens is 1. The first-order chi connectivity index (χ1) is 11.9. The van der Waals surface area contributed by atoms with E-state index in [0.29, 0.717) is 10.6 Å². The number of nitrogens with zero attached hydrogens (tertiary/aromatic N) is 2. The van der Waals surface area contributed by atoms with Gasteiger partial charge in [0.15, 0.2) is 0 Å². The Balaban J connectivity index is 1.84. The van der Waals surface area contributed by atoms with Crippen LogP contribution in [0.4, 0.5) is 0 Å². The topological polar surface area (TPSA) is 111 Å². The molecule has 3 rings (SSSR count). The SMILES string of the molecule is C[C@@H](O)[C@H]1C(=O)N2C(C(=O)O)=C(SC=Cc3ncsc3CO)[C@H](C)[C@H]12. The van der Waals surface area contributed by atoms with E-state index in [-0.39, 0.29) is 30.2 Å². The first-order valence-electron chi connectivity index (χ1n) is 7.73. The monoisotopic (exact) mass is 382 g/mol. The summed E-state index contributed by atoms with van der Waals surface area (Å²) < 4.78 is 0. The molecule has 0 saturated carbocycles. The van der Waals surface area contributed by atoms with Crippen molar-refractivity contribution in [3.8, 4) is 0 Å². The minimum Gasteiger partial charge on any atom is -0.477 e. The molecule has 2 aliphatic rings. The fourth-order valence-corrected chi connectivity index (χ4v) is 4.99. The lowest BCUT2D eigenvalue weighted by Gasteiger charge is -2.46. The van der Waals surface area contributed by atoms with Gasteiger partial charge in [0.25, 0.3) is 0 Å². The van der Waals surface area contributed by atoms with Crippen LogP contribution in [0.5, 0.6) is 0 Å². The van der Waals surface area contributed by atoms with Gasteiger partial charge in [-0.1, -0.05) is 18.7 Å². The van der Waals surface area contributed by atoms with E-state index in [1.807, 2.05) is 6.92 Å². The van der Waals surface area contributed by atoms with Crippen molar-refractivity contribution in [2.24, 2.45) is 11.8 Å². The third-order valence-electron chi connectivity index (χ3n) is 4.55. The standard InChI is InChI=1S/C16H18N2O5S2/c1-7-12-11(8(2)20)15(21)18(12)13(16(22)23)14(7)24-4-3-9-10(5-19)25-6-17-9/h3-4,6-8,11-12,19-20H,5H2,1-2H3,(H,22,23)/t7-,8-,11-,12-/m1/s1. The molecule has 1 aromatic rings. The molecule has 1 aromatic heterocycles. The lowest BCUT2D eigenvalue weighted by atomic mass is 9.79. The number of rotatable bonds is 6. The molecule has 0 unspecified atom stereocenters. The van der Waals surface area contributed by atoms with E-state index >= 15 is 0 Å². The molecule has 1 saturated heterocycles. The number of β-lactam (4-membered cyclic amide) rings is 1. The molecule has 4 atom stereocenters. The zero-order valence-electron chi connectivity index (χ0n) is 13.6. The van der Waals surface area contributed by atoms with E-state index in [4.69, 9.17) is 0 Å². The van der Waals surface area contributed by atoms with Crippen LogP contribution in [0.25, 0.3) is 6.08 Å². The van der Waals surface area contributed by atoms with Gasteiger partial charge >= 0.3 is 5.97 Å². The predicted molar refractivity (Wildman–Crippen MR) is 94.3 cm³/mol. The van der Waals surface area contributed by atoms with Gasteiger partial charge in [0.05, 0.1) is 40.8 Å². The number of carboxylic acid groups (broad SMARTS) is 1. The fourth-order valence-electron chi connectivity index (χ4n) is 3.38. The van der Waals surface area contributed by atoms with Crippen LogP contribution in [-0.4, -0.2) is 49.2 Å². The smallest absolute Gasteiger partial charge is 0.353 e. The van der Waals surface area contributed by atoms with Crippen molar-refractivity contribution in [1.29, 1.82) is 0 Å². The number of fused-ring (bicyclic) bond motifs is 1. The largest absolute Gasteiger partial charge is 0.477 e. The molecule has 2 aliphatic heterocycles. The summed E-state index contributed by atoms with van der Waals surface area (Å²) in [6.45, 7) is 3.32. The highest BCUT2D eigenvalue weighted by Crippen LogP contribution is 2.50. The lowest BCUT2D eigenvalue weighted by molar-refractivity contribution is -0.163.